The zero-order valence-corrected chi connectivity index (χ0v) is 31.8. The minimum Gasteiger partial charge on any atom is -0.379 e. The number of carbonyl (C=O) groups is 1. The minimum atomic E-state index is -4.46. The largest absolute Gasteiger partial charge is 0.379 e. The summed E-state index contributed by atoms with van der Waals surface area (Å²) in [7, 11) is -0.597. The standard InChI is InChI=1S/C41H43ClN6O5S/c1-45(2)22-8-21-43-39-20-18-35(28-40(39)48(50)51)54(52,53)44-41(49)37-19-17-34(27-38(37)30-9-4-3-5-10-30)47-25-23-46(24-26-47)29-32-11-6-7-12-36(32)31-13-15-33(42)16-14-31/h3-7,9-20,27-28,43H,8,21-26,29H2,1-2H3,(H,44,49). The van der Waals surface area contributed by atoms with Crippen molar-refractivity contribution in [3.8, 4) is 22.3 Å². The molecule has 6 rings (SSSR count). The number of anilines is 2. The van der Waals surface area contributed by atoms with Gasteiger partial charge in [-0.25, -0.2) is 13.1 Å². The van der Waals surface area contributed by atoms with Crippen LogP contribution in [0.4, 0.5) is 17.1 Å². The zero-order chi connectivity index (χ0) is 38.2. The predicted molar refractivity (Wildman–Crippen MR) is 216 cm³/mol. The SMILES string of the molecule is CN(C)CCCNc1ccc(S(=O)(=O)NC(=O)c2ccc(N3CCN(Cc4ccccc4-c4ccc(Cl)cc4)CC3)cc2-c2ccccc2)cc1[N+](=O)[O-]. The number of nitrogens with one attached hydrogen (secondary N) is 2. The molecule has 54 heavy (non-hydrogen) atoms. The molecule has 0 radical (unpaired) electrons. The molecule has 0 bridgehead atoms. The Kier molecular flexibility index (Phi) is 12.3. The maximum absolute atomic E-state index is 13.7. The molecule has 0 aromatic heterocycles. The van der Waals surface area contributed by atoms with E-state index in [1.54, 1.807) is 6.07 Å². The van der Waals surface area contributed by atoms with Gasteiger partial charge in [0.25, 0.3) is 21.6 Å². The Labute approximate surface area is 321 Å². The maximum atomic E-state index is 13.7. The molecule has 1 amide bonds. The summed E-state index contributed by atoms with van der Waals surface area (Å²) in [6.07, 6.45) is 0.736. The number of hydrogen-bond acceptors (Lipinski definition) is 9. The first kappa shape index (κ1) is 38.5. The molecule has 2 N–H and O–H groups in total. The van der Waals surface area contributed by atoms with Crippen LogP contribution in [0.3, 0.4) is 0 Å². The lowest BCUT2D eigenvalue weighted by Crippen LogP contribution is -2.46. The molecule has 0 saturated carbocycles. The lowest BCUT2D eigenvalue weighted by atomic mass is 9.98. The van der Waals surface area contributed by atoms with Gasteiger partial charge in [0.1, 0.15) is 5.69 Å². The van der Waals surface area contributed by atoms with Crippen molar-refractivity contribution in [1.82, 2.24) is 14.5 Å². The van der Waals surface area contributed by atoms with E-state index in [0.29, 0.717) is 17.1 Å². The van der Waals surface area contributed by atoms with Crippen LogP contribution in [0.25, 0.3) is 22.3 Å². The van der Waals surface area contributed by atoms with E-state index in [-0.39, 0.29) is 16.1 Å². The van der Waals surface area contributed by atoms with Gasteiger partial charge in [-0.05, 0) is 97.3 Å². The Morgan fingerprint density at radius 2 is 1.52 bits per heavy atom. The molecule has 1 fully saturated rings. The van der Waals surface area contributed by atoms with Crippen LogP contribution >= 0.6 is 11.6 Å². The summed E-state index contributed by atoms with van der Waals surface area (Å²) >= 11 is 6.14. The molecule has 1 aliphatic rings. The number of rotatable bonds is 14. The molecule has 0 aliphatic carbocycles. The summed E-state index contributed by atoms with van der Waals surface area (Å²) in [6.45, 7) is 5.22. The molecular weight excluding hydrogens is 724 g/mol. The van der Waals surface area contributed by atoms with Crippen LogP contribution in [-0.4, -0.2) is 82.4 Å². The Hall–Kier alpha value is -5.27. The highest BCUT2D eigenvalue weighted by molar-refractivity contribution is 7.90. The van der Waals surface area contributed by atoms with Crippen LogP contribution < -0.4 is 14.9 Å². The lowest BCUT2D eigenvalue weighted by molar-refractivity contribution is -0.384. The van der Waals surface area contributed by atoms with Crippen molar-refractivity contribution in [1.29, 1.82) is 0 Å². The summed E-state index contributed by atoms with van der Waals surface area (Å²) in [6, 6.07) is 34.6. The summed E-state index contributed by atoms with van der Waals surface area (Å²) in [5.74, 6) is -0.835. The molecular formula is C41H43ClN6O5S. The molecule has 1 saturated heterocycles. The third kappa shape index (κ3) is 9.44. The Morgan fingerprint density at radius 1 is 0.833 bits per heavy atom. The molecule has 13 heteroatoms. The number of halogens is 1. The Bertz CT molecular complexity index is 2210. The fourth-order valence-electron chi connectivity index (χ4n) is 6.59. The van der Waals surface area contributed by atoms with E-state index in [9.17, 15) is 23.3 Å². The van der Waals surface area contributed by atoms with Crippen LogP contribution in [-0.2, 0) is 16.6 Å². The number of hydrogen-bond donors (Lipinski definition) is 2. The molecule has 5 aromatic rings. The molecule has 5 aromatic carbocycles. The van der Waals surface area contributed by atoms with E-state index < -0.39 is 26.5 Å². The van der Waals surface area contributed by atoms with Gasteiger partial charge in [0.2, 0.25) is 0 Å². The van der Waals surface area contributed by atoms with Crippen molar-refractivity contribution in [2.45, 2.75) is 17.9 Å². The third-order valence-corrected chi connectivity index (χ3v) is 11.0. The number of amides is 1. The van der Waals surface area contributed by atoms with E-state index in [1.807, 2.05) is 91.8 Å². The Morgan fingerprint density at radius 3 is 2.22 bits per heavy atom. The van der Waals surface area contributed by atoms with Gasteiger partial charge in [0.05, 0.1) is 9.82 Å². The second kappa shape index (κ2) is 17.3. The molecule has 1 aliphatic heterocycles. The van der Waals surface area contributed by atoms with Crippen LogP contribution in [0.5, 0.6) is 0 Å². The van der Waals surface area contributed by atoms with E-state index in [1.165, 1.54) is 23.3 Å². The first-order valence-electron chi connectivity index (χ1n) is 17.7. The molecule has 0 unspecified atom stereocenters. The van der Waals surface area contributed by atoms with Gasteiger partial charge in [0.15, 0.2) is 0 Å². The Balaban J connectivity index is 1.17. The van der Waals surface area contributed by atoms with Crippen molar-refractivity contribution in [2.75, 3.05) is 63.6 Å². The van der Waals surface area contributed by atoms with Gasteiger partial charge < -0.3 is 15.1 Å². The molecule has 280 valence electrons. The van der Waals surface area contributed by atoms with E-state index in [4.69, 9.17) is 11.6 Å². The van der Waals surface area contributed by atoms with Gasteiger partial charge in [0, 0.05) is 61.6 Å². The van der Waals surface area contributed by atoms with Crippen LogP contribution in [0.2, 0.25) is 5.02 Å². The van der Waals surface area contributed by atoms with Crippen LogP contribution in [0, 0.1) is 10.1 Å². The van der Waals surface area contributed by atoms with Crippen molar-refractivity contribution >= 4 is 44.6 Å². The first-order chi connectivity index (χ1) is 26.0. The average molecular weight is 767 g/mol. The molecule has 0 atom stereocenters. The van der Waals surface area contributed by atoms with Gasteiger partial charge in [-0.2, -0.15) is 0 Å². The third-order valence-electron chi connectivity index (χ3n) is 9.44. The van der Waals surface area contributed by atoms with Crippen molar-refractivity contribution in [3.05, 3.63) is 142 Å². The summed E-state index contributed by atoms with van der Waals surface area (Å²) in [5.41, 5.74) is 5.75. The van der Waals surface area contributed by atoms with Gasteiger partial charge >= 0.3 is 0 Å². The van der Waals surface area contributed by atoms with Gasteiger partial charge in [-0.3, -0.25) is 19.8 Å². The summed E-state index contributed by atoms with van der Waals surface area (Å²) in [5, 5.41) is 15.6. The fraction of sp³-hybridized carbons (Fsp3) is 0.244. The second-order valence-electron chi connectivity index (χ2n) is 13.5. The van der Waals surface area contributed by atoms with Crippen molar-refractivity contribution in [3.63, 3.8) is 0 Å². The van der Waals surface area contributed by atoms with E-state index >= 15 is 0 Å². The number of piperazine rings is 1. The first-order valence-corrected chi connectivity index (χ1v) is 19.6. The monoisotopic (exact) mass is 766 g/mol. The lowest BCUT2D eigenvalue weighted by Gasteiger charge is -2.36. The average Bonchev–Trinajstić information content (AvgIpc) is 3.17. The van der Waals surface area contributed by atoms with Gasteiger partial charge in [-0.1, -0.05) is 78.3 Å². The normalized spacial score (nSPS) is 13.5. The maximum Gasteiger partial charge on any atom is 0.293 e. The highest BCUT2D eigenvalue weighted by Gasteiger charge is 2.26. The topological polar surface area (TPSA) is 128 Å². The number of benzene rings is 5. The van der Waals surface area contributed by atoms with Crippen molar-refractivity contribution < 1.29 is 18.1 Å². The van der Waals surface area contributed by atoms with Crippen molar-refractivity contribution in [2.24, 2.45) is 0 Å². The zero-order valence-electron chi connectivity index (χ0n) is 30.2. The number of sulfonamides is 1. The highest BCUT2D eigenvalue weighted by atomic mass is 35.5. The van der Waals surface area contributed by atoms with E-state index in [0.717, 1.165) is 68.6 Å². The molecule has 1 heterocycles. The smallest absolute Gasteiger partial charge is 0.293 e. The quantitative estimate of drug-likeness (QED) is 0.0676. The van der Waals surface area contributed by atoms with Gasteiger partial charge in [-0.15, -0.1) is 0 Å². The second-order valence-corrected chi connectivity index (χ2v) is 15.6. The number of nitro groups is 1. The van der Waals surface area contributed by atoms with Crippen LogP contribution in [0.15, 0.2) is 120 Å². The van der Waals surface area contributed by atoms with E-state index in [2.05, 4.69) is 38.0 Å². The molecule has 0 spiro atoms. The fourth-order valence-corrected chi connectivity index (χ4v) is 7.70. The number of nitrogens with zero attached hydrogens (tertiary/aromatic N) is 4. The molecule has 11 nitrogen and oxygen atoms in total. The van der Waals surface area contributed by atoms with Crippen LogP contribution in [0.1, 0.15) is 22.3 Å². The predicted octanol–water partition coefficient (Wildman–Crippen LogP) is 7.39. The number of carbonyl (C=O) groups excluding carboxylic acids is 1. The summed E-state index contributed by atoms with van der Waals surface area (Å²) < 4.78 is 29.1. The highest BCUT2D eigenvalue weighted by Crippen LogP contribution is 2.32. The number of nitro benzene ring substituents is 1. The minimum absolute atomic E-state index is 0.166. The summed E-state index contributed by atoms with van der Waals surface area (Å²) in [4.78, 5) is 31.3.